The number of non-ortho nitro benzene ring substituents is 1. The number of anilines is 1. The zero-order valence-electron chi connectivity index (χ0n) is 14.5. The fraction of sp³-hybridized carbons (Fsp3) is 0.0952. The monoisotopic (exact) mass is 360 g/mol. The van der Waals surface area contributed by atoms with Crippen LogP contribution in [-0.4, -0.2) is 17.7 Å². The summed E-state index contributed by atoms with van der Waals surface area (Å²) in [6.07, 6.45) is 2.28. The summed E-state index contributed by atoms with van der Waals surface area (Å²) in [7, 11) is 0. The standard InChI is InChI=1S/C21H19N3O3/c25-21-11-10-20(24(26)27)14-17(21)15-23-19-8-6-18(7-9-19)22-13-12-16-4-2-1-3-5-16/h1-11,14-15,22,25H,12-13H2/p-1. The maximum atomic E-state index is 11.8. The lowest BCUT2D eigenvalue weighted by molar-refractivity contribution is -0.385. The van der Waals surface area contributed by atoms with E-state index in [1.165, 1.54) is 30.0 Å². The highest BCUT2D eigenvalue weighted by atomic mass is 16.6. The van der Waals surface area contributed by atoms with Crippen molar-refractivity contribution >= 4 is 23.3 Å². The third-order valence-electron chi connectivity index (χ3n) is 4.01. The van der Waals surface area contributed by atoms with Crippen molar-refractivity contribution in [3.8, 4) is 5.75 Å². The van der Waals surface area contributed by atoms with E-state index in [-0.39, 0.29) is 17.0 Å². The van der Waals surface area contributed by atoms with Crippen LogP contribution in [0.2, 0.25) is 0 Å². The molecule has 0 unspecified atom stereocenters. The van der Waals surface area contributed by atoms with Crippen molar-refractivity contribution in [3.05, 3.63) is 94.0 Å². The molecule has 0 aromatic heterocycles. The van der Waals surface area contributed by atoms with Crippen LogP contribution in [0.25, 0.3) is 0 Å². The first-order valence-corrected chi connectivity index (χ1v) is 8.49. The number of hydrogen-bond acceptors (Lipinski definition) is 5. The van der Waals surface area contributed by atoms with Gasteiger partial charge in [-0.25, -0.2) is 0 Å². The molecule has 0 saturated heterocycles. The van der Waals surface area contributed by atoms with Gasteiger partial charge in [-0.15, -0.1) is 0 Å². The van der Waals surface area contributed by atoms with Gasteiger partial charge in [0.15, 0.2) is 0 Å². The number of nitrogens with one attached hydrogen (secondary N) is 1. The summed E-state index contributed by atoms with van der Waals surface area (Å²) >= 11 is 0. The molecule has 0 aliphatic rings. The summed E-state index contributed by atoms with van der Waals surface area (Å²) in [5.41, 5.74) is 2.97. The summed E-state index contributed by atoms with van der Waals surface area (Å²) < 4.78 is 0. The third-order valence-corrected chi connectivity index (χ3v) is 4.01. The van der Waals surface area contributed by atoms with Crippen LogP contribution in [-0.2, 0) is 6.42 Å². The summed E-state index contributed by atoms with van der Waals surface area (Å²) in [5.74, 6) is -0.302. The minimum atomic E-state index is -0.535. The molecule has 0 amide bonds. The van der Waals surface area contributed by atoms with Crippen LogP contribution in [0.3, 0.4) is 0 Å². The van der Waals surface area contributed by atoms with Gasteiger partial charge < -0.3 is 10.4 Å². The maximum absolute atomic E-state index is 11.8. The number of rotatable bonds is 7. The predicted molar refractivity (Wildman–Crippen MR) is 105 cm³/mol. The largest absolute Gasteiger partial charge is 0.872 e. The van der Waals surface area contributed by atoms with Crippen LogP contribution >= 0.6 is 0 Å². The number of benzene rings is 3. The summed E-state index contributed by atoms with van der Waals surface area (Å²) in [6.45, 7) is 0.819. The van der Waals surface area contributed by atoms with Crippen LogP contribution in [0.1, 0.15) is 11.1 Å². The van der Waals surface area contributed by atoms with E-state index in [9.17, 15) is 15.2 Å². The molecular formula is C21H18N3O3-. The van der Waals surface area contributed by atoms with Gasteiger partial charge in [-0.05, 0) is 41.8 Å². The average Bonchev–Trinajstić information content (AvgIpc) is 2.69. The van der Waals surface area contributed by atoms with Gasteiger partial charge in [-0.2, -0.15) is 0 Å². The fourth-order valence-electron chi connectivity index (χ4n) is 2.56. The molecule has 3 rings (SSSR count). The summed E-state index contributed by atoms with van der Waals surface area (Å²) in [5, 5.41) is 25.9. The van der Waals surface area contributed by atoms with E-state index in [4.69, 9.17) is 0 Å². The molecule has 3 aromatic carbocycles. The Hall–Kier alpha value is -3.67. The third kappa shape index (κ3) is 5.15. The van der Waals surface area contributed by atoms with E-state index in [0.29, 0.717) is 5.69 Å². The second-order valence-electron chi connectivity index (χ2n) is 5.95. The van der Waals surface area contributed by atoms with E-state index in [1.807, 2.05) is 42.5 Å². The molecule has 0 fully saturated rings. The Morgan fingerprint density at radius 2 is 1.74 bits per heavy atom. The number of nitro groups is 1. The van der Waals surface area contributed by atoms with Gasteiger partial charge in [0, 0.05) is 30.6 Å². The van der Waals surface area contributed by atoms with Crippen molar-refractivity contribution in [2.24, 2.45) is 4.99 Å². The molecule has 0 heterocycles. The number of hydrogen-bond donors (Lipinski definition) is 1. The van der Waals surface area contributed by atoms with Crippen LogP contribution in [0.15, 0.2) is 77.8 Å². The average molecular weight is 360 g/mol. The number of nitrogens with zero attached hydrogens (tertiary/aromatic N) is 2. The molecule has 6 heteroatoms. The van der Waals surface area contributed by atoms with E-state index in [2.05, 4.69) is 22.4 Å². The smallest absolute Gasteiger partial charge is 0.270 e. The lowest BCUT2D eigenvalue weighted by Crippen LogP contribution is -2.04. The van der Waals surface area contributed by atoms with Gasteiger partial charge in [0.2, 0.25) is 0 Å². The Kier molecular flexibility index (Phi) is 5.79. The van der Waals surface area contributed by atoms with Crippen molar-refractivity contribution in [1.82, 2.24) is 0 Å². The summed E-state index contributed by atoms with van der Waals surface area (Å²) in [6, 6.07) is 21.3. The van der Waals surface area contributed by atoms with Crippen LogP contribution in [0.4, 0.5) is 17.1 Å². The Bertz CT molecular complexity index is 939. The predicted octanol–water partition coefficient (Wildman–Crippen LogP) is 4.07. The van der Waals surface area contributed by atoms with E-state index in [0.717, 1.165) is 18.7 Å². The molecule has 0 aliphatic carbocycles. The SMILES string of the molecule is O=[N+]([O-])c1ccc([O-])c(C=Nc2ccc(NCCc3ccccc3)cc2)c1. The van der Waals surface area contributed by atoms with E-state index >= 15 is 0 Å². The molecule has 27 heavy (non-hydrogen) atoms. The second-order valence-corrected chi connectivity index (χ2v) is 5.95. The van der Waals surface area contributed by atoms with Crippen molar-refractivity contribution in [2.45, 2.75) is 6.42 Å². The van der Waals surface area contributed by atoms with Gasteiger partial charge in [-0.3, -0.25) is 15.1 Å². The lowest BCUT2D eigenvalue weighted by atomic mass is 10.1. The molecule has 1 N–H and O–H groups in total. The Labute approximate surface area is 157 Å². The summed E-state index contributed by atoms with van der Waals surface area (Å²) in [4.78, 5) is 14.5. The quantitative estimate of drug-likeness (QED) is 0.390. The van der Waals surface area contributed by atoms with Gasteiger partial charge in [0.25, 0.3) is 5.69 Å². The normalized spacial score (nSPS) is 10.8. The zero-order chi connectivity index (χ0) is 19.1. The fourth-order valence-corrected chi connectivity index (χ4v) is 2.56. The molecule has 6 nitrogen and oxygen atoms in total. The Morgan fingerprint density at radius 1 is 1.00 bits per heavy atom. The zero-order valence-corrected chi connectivity index (χ0v) is 14.5. The highest BCUT2D eigenvalue weighted by Gasteiger charge is 2.05. The highest BCUT2D eigenvalue weighted by molar-refractivity contribution is 5.86. The Morgan fingerprint density at radius 3 is 2.44 bits per heavy atom. The van der Waals surface area contributed by atoms with Crippen molar-refractivity contribution in [3.63, 3.8) is 0 Å². The van der Waals surface area contributed by atoms with E-state index < -0.39 is 4.92 Å². The minimum Gasteiger partial charge on any atom is -0.872 e. The van der Waals surface area contributed by atoms with Gasteiger partial charge >= 0.3 is 0 Å². The molecule has 0 aliphatic heterocycles. The van der Waals surface area contributed by atoms with Gasteiger partial charge in [0.1, 0.15) is 0 Å². The van der Waals surface area contributed by atoms with Crippen LogP contribution < -0.4 is 10.4 Å². The molecular weight excluding hydrogens is 342 g/mol. The van der Waals surface area contributed by atoms with Gasteiger partial charge in [0.05, 0.1) is 10.6 Å². The molecule has 0 radical (unpaired) electrons. The molecule has 0 atom stereocenters. The highest BCUT2D eigenvalue weighted by Crippen LogP contribution is 2.21. The molecule has 0 bridgehead atoms. The Balaban J connectivity index is 1.60. The molecule has 0 saturated carbocycles. The van der Waals surface area contributed by atoms with Gasteiger partial charge in [-0.1, -0.05) is 42.1 Å². The van der Waals surface area contributed by atoms with Crippen molar-refractivity contribution in [1.29, 1.82) is 0 Å². The lowest BCUT2D eigenvalue weighted by Gasteiger charge is -2.09. The molecule has 136 valence electrons. The van der Waals surface area contributed by atoms with Crippen LogP contribution in [0, 0.1) is 10.1 Å². The minimum absolute atomic E-state index is 0.131. The maximum Gasteiger partial charge on any atom is 0.270 e. The van der Waals surface area contributed by atoms with Crippen molar-refractivity contribution < 1.29 is 10.0 Å². The van der Waals surface area contributed by atoms with E-state index in [1.54, 1.807) is 0 Å². The first-order chi connectivity index (χ1) is 13.1. The molecule has 3 aromatic rings. The molecule has 0 spiro atoms. The number of nitro benzene ring substituents is 1. The van der Waals surface area contributed by atoms with Crippen molar-refractivity contribution in [2.75, 3.05) is 11.9 Å². The van der Waals surface area contributed by atoms with Crippen LogP contribution in [0.5, 0.6) is 5.75 Å². The topological polar surface area (TPSA) is 90.6 Å². The number of aliphatic imine (C=N–C) groups is 1. The second kappa shape index (κ2) is 8.62. The first kappa shape index (κ1) is 18.1. The first-order valence-electron chi connectivity index (χ1n) is 8.49.